The molecule has 3 rings (SSSR count). The van der Waals surface area contributed by atoms with Crippen molar-refractivity contribution in [3.63, 3.8) is 0 Å². The van der Waals surface area contributed by atoms with Crippen LogP contribution >= 0.6 is 11.6 Å². The Hall–Kier alpha value is -3.07. The lowest BCUT2D eigenvalue weighted by atomic mass is 10.1. The van der Waals surface area contributed by atoms with E-state index in [4.69, 9.17) is 16.3 Å². The quantitative estimate of drug-likeness (QED) is 0.489. The second-order valence-corrected chi connectivity index (χ2v) is 5.76. The standard InChI is InChI=1S/C17H13ClF3N5O/c1-27-13-4-2-10(3-5-13)15-11(7-23-25-15)8-24-26-16-14(18)6-12(9-22-16)17(19,20)21/h2-9H,1H3,(H,22,26)(H,23,25)/b24-8+. The van der Waals surface area contributed by atoms with Gasteiger partial charge in [-0.2, -0.15) is 23.4 Å². The van der Waals surface area contributed by atoms with E-state index in [0.717, 1.165) is 23.1 Å². The van der Waals surface area contributed by atoms with E-state index >= 15 is 0 Å². The molecule has 0 spiro atoms. The molecule has 6 nitrogen and oxygen atoms in total. The molecular weight excluding hydrogens is 383 g/mol. The number of hydrogen-bond donors (Lipinski definition) is 2. The Balaban J connectivity index is 1.75. The van der Waals surface area contributed by atoms with Crippen molar-refractivity contribution in [2.24, 2.45) is 5.10 Å². The monoisotopic (exact) mass is 395 g/mol. The summed E-state index contributed by atoms with van der Waals surface area (Å²) in [5.74, 6) is 0.730. The lowest BCUT2D eigenvalue weighted by Crippen LogP contribution is -2.06. The Morgan fingerprint density at radius 2 is 1.96 bits per heavy atom. The summed E-state index contributed by atoms with van der Waals surface area (Å²) in [4.78, 5) is 3.65. The molecule has 0 amide bonds. The van der Waals surface area contributed by atoms with Crippen molar-refractivity contribution in [1.82, 2.24) is 15.2 Å². The van der Waals surface area contributed by atoms with E-state index in [1.54, 1.807) is 25.4 Å². The van der Waals surface area contributed by atoms with Crippen LogP contribution in [-0.4, -0.2) is 28.5 Å². The molecule has 0 atom stereocenters. The van der Waals surface area contributed by atoms with Gasteiger partial charge in [0.15, 0.2) is 5.82 Å². The number of hydrogen-bond acceptors (Lipinski definition) is 5. The van der Waals surface area contributed by atoms with Gasteiger partial charge in [0.05, 0.1) is 35.8 Å². The molecule has 0 aliphatic carbocycles. The first-order valence-electron chi connectivity index (χ1n) is 7.58. The van der Waals surface area contributed by atoms with Crippen LogP contribution in [0.3, 0.4) is 0 Å². The zero-order valence-electron chi connectivity index (χ0n) is 13.9. The van der Waals surface area contributed by atoms with E-state index in [-0.39, 0.29) is 10.8 Å². The summed E-state index contributed by atoms with van der Waals surface area (Å²) < 4.78 is 43.0. The van der Waals surface area contributed by atoms with Crippen molar-refractivity contribution in [3.8, 4) is 17.0 Å². The normalized spacial score (nSPS) is 11.7. The molecule has 2 heterocycles. The topological polar surface area (TPSA) is 75.2 Å². The average Bonchev–Trinajstić information content (AvgIpc) is 3.11. The highest BCUT2D eigenvalue weighted by molar-refractivity contribution is 6.32. The van der Waals surface area contributed by atoms with Gasteiger partial charge in [-0.25, -0.2) is 4.98 Å². The number of ether oxygens (including phenoxy) is 1. The van der Waals surface area contributed by atoms with Crippen molar-refractivity contribution < 1.29 is 17.9 Å². The third-order valence-electron chi connectivity index (χ3n) is 3.59. The van der Waals surface area contributed by atoms with Gasteiger partial charge in [0.25, 0.3) is 0 Å². The number of benzene rings is 1. The van der Waals surface area contributed by atoms with Crippen LogP contribution in [0.15, 0.2) is 47.8 Å². The van der Waals surface area contributed by atoms with Crippen LogP contribution in [0, 0.1) is 0 Å². The molecule has 0 saturated heterocycles. The van der Waals surface area contributed by atoms with Crippen LogP contribution in [0.25, 0.3) is 11.3 Å². The van der Waals surface area contributed by atoms with Crippen molar-refractivity contribution in [1.29, 1.82) is 0 Å². The summed E-state index contributed by atoms with van der Waals surface area (Å²) in [6.07, 6.45) is -0.807. The molecule has 10 heteroatoms. The van der Waals surface area contributed by atoms with Crippen LogP contribution in [0.1, 0.15) is 11.1 Å². The highest BCUT2D eigenvalue weighted by Crippen LogP contribution is 2.32. The van der Waals surface area contributed by atoms with E-state index in [1.807, 2.05) is 12.1 Å². The van der Waals surface area contributed by atoms with Gasteiger partial charge in [-0.1, -0.05) is 11.6 Å². The summed E-state index contributed by atoms with van der Waals surface area (Å²) in [6.45, 7) is 0. The summed E-state index contributed by atoms with van der Waals surface area (Å²) in [7, 11) is 1.58. The number of nitrogens with zero attached hydrogens (tertiary/aromatic N) is 3. The fourth-order valence-electron chi connectivity index (χ4n) is 2.22. The second-order valence-electron chi connectivity index (χ2n) is 5.35. The zero-order valence-corrected chi connectivity index (χ0v) is 14.6. The predicted molar refractivity (Wildman–Crippen MR) is 96.0 cm³/mol. The Bertz CT molecular complexity index is 954. The smallest absolute Gasteiger partial charge is 0.417 e. The Labute approximate surface area is 157 Å². The number of anilines is 1. The van der Waals surface area contributed by atoms with E-state index in [9.17, 15) is 13.2 Å². The van der Waals surface area contributed by atoms with E-state index in [1.165, 1.54) is 6.21 Å². The van der Waals surface area contributed by atoms with Gasteiger partial charge < -0.3 is 4.74 Å². The Kier molecular flexibility index (Phi) is 5.31. The van der Waals surface area contributed by atoms with Gasteiger partial charge in [-0.15, -0.1) is 0 Å². The van der Waals surface area contributed by atoms with Gasteiger partial charge in [0, 0.05) is 17.3 Å². The molecule has 27 heavy (non-hydrogen) atoms. The van der Waals surface area contributed by atoms with Crippen molar-refractivity contribution in [2.75, 3.05) is 12.5 Å². The number of aromatic nitrogens is 3. The maximum absolute atomic E-state index is 12.6. The van der Waals surface area contributed by atoms with Crippen LogP contribution < -0.4 is 10.2 Å². The highest BCUT2D eigenvalue weighted by Gasteiger charge is 2.31. The SMILES string of the molecule is COc1ccc(-c2[nH]ncc2/C=N/Nc2ncc(C(F)(F)F)cc2Cl)cc1. The number of hydrazone groups is 1. The van der Waals surface area contributed by atoms with Gasteiger partial charge in [-0.05, 0) is 30.3 Å². The van der Waals surface area contributed by atoms with E-state index in [0.29, 0.717) is 11.8 Å². The minimum absolute atomic E-state index is 0.00964. The molecule has 0 aliphatic rings. The van der Waals surface area contributed by atoms with E-state index < -0.39 is 11.7 Å². The van der Waals surface area contributed by atoms with Gasteiger partial charge >= 0.3 is 6.18 Å². The zero-order chi connectivity index (χ0) is 19.4. The number of nitrogens with one attached hydrogen (secondary N) is 2. The Morgan fingerprint density at radius 1 is 1.22 bits per heavy atom. The number of aromatic amines is 1. The second kappa shape index (κ2) is 7.67. The molecule has 1 aromatic carbocycles. The number of halogens is 4. The van der Waals surface area contributed by atoms with Crippen molar-refractivity contribution in [2.45, 2.75) is 6.18 Å². The number of rotatable bonds is 5. The summed E-state index contributed by atoms with van der Waals surface area (Å²) in [5, 5.41) is 10.6. The maximum Gasteiger partial charge on any atom is 0.417 e. The van der Waals surface area contributed by atoms with Gasteiger partial charge in [0.1, 0.15) is 5.75 Å². The minimum atomic E-state index is -4.51. The highest BCUT2D eigenvalue weighted by atomic mass is 35.5. The van der Waals surface area contributed by atoms with Gasteiger partial charge in [-0.3, -0.25) is 10.5 Å². The molecule has 0 fully saturated rings. The Morgan fingerprint density at radius 3 is 2.59 bits per heavy atom. The lowest BCUT2D eigenvalue weighted by Gasteiger charge is -2.08. The third kappa shape index (κ3) is 4.37. The first-order chi connectivity index (χ1) is 12.9. The van der Waals surface area contributed by atoms with Crippen LogP contribution in [0.5, 0.6) is 5.75 Å². The summed E-state index contributed by atoms with van der Waals surface area (Å²) >= 11 is 5.82. The van der Waals surface area contributed by atoms with Gasteiger partial charge in [0.2, 0.25) is 0 Å². The minimum Gasteiger partial charge on any atom is -0.497 e. The van der Waals surface area contributed by atoms with Crippen LogP contribution in [0.4, 0.5) is 19.0 Å². The first-order valence-corrected chi connectivity index (χ1v) is 7.96. The predicted octanol–water partition coefficient (Wildman–Crippen LogP) is 4.60. The molecule has 0 bridgehead atoms. The molecule has 0 aliphatic heterocycles. The molecule has 0 saturated carbocycles. The van der Waals surface area contributed by atoms with Crippen molar-refractivity contribution in [3.05, 3.63) is 58.9 Å². The first kappa shape index (κ1) is 18.7. The maximum atomic E-state index is 12.6. The van der Waals surface area contributed by atoms with Crippen molar-refractivity contribution >= 4 is 23.6 Å². The summed E-state index contributed by atoms with van der Waals surface area (Å²) in [6, 6.07) is 8.10. The summed E-state index contributed by atoms with van der Waals surface area (Å²) in [5.41, 5.74) is 3.83. The van der Waals surface area contributed by atoms with E-state index in [2.05, 4.69) is 25.7 Å². The van der Waals surface area contributed by atoms with Crippen LogP contribution in [0.2, 0.25) is 5.02 Å². The number of pyridine rings is 1. The average molecular weight is 396 g/mol. The molecule has 140 valence electrons. The number of H-pyrrole nitrogens is 1. The molecule has 2 N–H and O–H groups in total. The molecule has 2 aromatic heterocycles. The molecule has 0 unspecified atom stereocenters. The third-order valence-corrected chi connectivity index (χ3v) is 3.88. The lowest BCUT2D eigenvalue weighted by molar-refractivity contribution is -0.137. The molecular formula is C17H13ClF3N5O. The molecule has 3 aromatic rings. The number of methoxy groups -OCH3 is 1. The largest absolute Gasteiger partial charge is 0.497 e. The van der Waals surface area contributed by atoms with Crippen LogP contribution in [-0.2, 0) is 6.18 Å². The fraction of sp³-hybridized carbons (Fsp3) is 0.118. The fourth-order valence-corrected chi connectivity index (χ4v) is 2.43. The molecule has 0 radical (unpaired) electrons. The number of alkyl halides is 3.